The number of amides is 1. The summed E-state index contributed by atoms with van der Waals surface area (Å²) in [6.07, 6.45) is 6.82. The number of hydrogen-bond acceptors (Lipinski definition) is 8. The highest BCUT2D eigenvalue weighted by atomic mass is 35.5. The summed E-state index contributed by atoms with van der Waals surface area (Å²) >= 11 is 6.37. The van der Waals surface area contributed by atoms with Crippen LogP contribution in [-0.4, -0.2) is 80.6 Å². The fourth-order valence-corrected chi connectivity index (χ4v) is 9.72. The molecule has 0 radical (unpaired) electrons. The van der Waals surface area contributed by atoms with Crippen molar-refractivity contribution in [3.05, 3.63) is 58.1 Å². The van der Waals surface area contributed by atoms with Crippen LogP contribution in [0.5, 0.6) is 5.75 Å². The molecular formula is C37H52ClN3O6S. The van der Waals surface area contributed by atoms with Crippen molar-refractivity contribution >= 4 is 33.2 Å². The Morgan fingerprint density at radius 2 is 1.83 bits per heavy atom. The van der Waals surface area contributed by atoms with Gasteiger partial charge in [-0.1, -0.05) is 31.0 Å². The van der Waals surface area contributed by atoms with Gasteiger partial charge in [-0.15, -0.1) is 0 Å². The van der Waals surface area contributed by atoms with Crippen LogP contribution in [-0.2, 0) is 27.8 Å². The molecule has 1 saturated heterocycles. The second kappa shape index (κ2) is 14.9. The molecule has 1 saturated carbocycles. The van der Waals surface area contributed by atoms with Crippen LogP contribution in [0.1, 0.15) is 87.2 Å². The molecule has 1 amide bonds. The third kappa shape index (κ3) is 7.99. The van der Waals surface area contributed by atoms with E-state index in [9.17, 15) is 18.3 Å². The Balaban J connectivity index is 1.37. The zero-order chi connectivity index (χ0) is 34.1. The number of carbonyl (C=O) groups excluding carboxylic acids is 1. The first kappa shape index (κ1) is 35.5. The van der Waals surface area contributed by atoms with E-state index in [4.69, 9.17) is 21.1 Å². The molecule has 2 fully saturated rings. The molecule has 0 unspecified atom stereocenters. The normalized spacial score (nSPS) is 32.0. The smallest absolute Gasteiger partial charge is 0.264 e. The number of aryl methyl sites for hydroxylation is 1. The van der Waals surface area contributed by atoms with Crippen LogP contribution in [0.4, 0.5) is 5.69 Å². The number of morpholine rings is 1. The number of fused-ring (bicyclic) bond motifs is 3. The molecule has 11 heteroatoms. The fourth-order valence-electron chi connectivity index (χ4n) is 8.21. The summed E-state index contributed by atoms with van der Waals surface area (Å²) in [5.74, 6) is 0.203. The molecule has 0 aromatic heterocycles. The fraction of sp³-hybridized carbons (Fsp3) is 0.649. The summed E-state index contributed by atoms with van der Waals surface area (Å²) in [7, 11) is -3.94. The average molecular weight is 702 g/mol. The molecule has 2 aromatic rings. The summed E-state index contributed by atoms with van der Waals surface area (Å²) in [6, 6.07) is 11.2. The lowest BCUT2D eigenvalue weighted by Gasteiger charge is -2.51. The Morgan fingerprint density at radius 3 is 2.60 bits per heavy atom. The SMILES string of the molecule is C[C@@H]1[C@@H](C)CCC[C@](O)(CN2CCO[C@@H](C)C2)[C@@H]2CC[C@H]2CN2CCCCc3cc(Cl)ccc3COc3ccc(cc32)C(=O)NS1(=O)=O. The maximum absolute atomic E-state index is 13.5. The second-order valence-electron chi connectivity index (χ2n) is 14.8. The molecule has 3 aliphatic heterocycles. The highest BCUT2D eigenvalue weighted by Crippen LogP contribution is 2.46. The van der Waals surface area contributed by atoms with Gasteiger partial charge in [-0.3, -0.25) is 9.69 Å². The number of nitrogens with zero attached hydrogens (tertiary/aromatic N) is 2. The van der Waals surface area contributed by atoms with Crippen molar-refractivity contribution in [3.8, 4) is 5.75 Å². The number of carbonyl (C=O) groups is 1. The molecule has 1 aliphatic carbocycles. The lowest BCUT2D eigenvalue weighted by Crippen LogP contribution is -2.58. The molecule has 0 spiro atoms. The van der Waals surface area contributed by atoms with Crippen molar-refractivity contribution in [2.45, 2.75) is 95.7 Å². The van der Waals surface area contributed by atoms with Gasteiger partial charge in [0.05, 0.1) is 29.2 Å². The Morgan fingerprint density at radius 1 is 1.00 bits per heavy atom. The van der Waals surface area contributed by atoms with E-state index in [1.54, 1.807) is 25.1 Å². The van der Waals surface area contributed by atoms with Gasteiger partial charge in [-0.05, 0) is 118 Å². The minimum atomic E-state index is -3.94. The van der Waals surface area contributed by atoms with Crippen LogP contribution in [0.15, 0.2) is 36.4 Å². The van der Waals surface area contributed by atoms with Crippen molar-refractivity contribution in [2.24, 2.45) is 17.8 Å². The first-order chi connectivity index (χ1) is 22.9. The van der Waals surface area contributed by atoms with Gasteiger partial charge in [0.1, 0.15) is 12.4 Å². The van der Waals surface area contributed by atoms with Crippen LogP contribution in [0.3, 0.4) is 0 Å². The van der Waals surface area contributed by atoms with Gasteiger partial charge in [0.2, 0.25) is 10.0 Å². The molecule has 2 bridgehead atoms. The van der Waals surface area contributed by atoms with E-state index in [2.05, 4.69) is 21.4 Å². The number of ether oxygens (including phenoxy) is 2. The van der Waals surface area contributed by atoms with Crippen molar-refractivity contribution in [2.75, 3.05) is 44.2 Å². The summed E-state index contributed by atoms with van der Waals surface area (Å²) in [5, 5.41) is 12.5. The summed E-state index contributed by atoms with van der Waals surface area (Å²) in [5.41, 5.74) is 2.41. The second-order valence-corrected chi connectivity index (χ2v) is 17.3. The average Bonchev–Trinajstić information content (AvgIpc) is 3.05. The van der Waals surface area contributed by atoms with E-state index < -0.39 is 26.8 Å². The number of aliphatic hydroxyl groups is 1. The van der Waals surface area contributed by atoms with E-state index in [0.717, 1.165) is 69.5 Å². The molecule has 6 rings (SSSR count). The third-order valence-corrected chi connectivity index (χ3v) is 13.6. The lowest BCUT2D eigenvalue weighted by molar-refractivity contribution is -0.121. The van der Waals surface area contributed by atoms with Gasteiger partial charge >= 0.3 is 0 Å². The Bertz CT molecular complexity index is 1570. The van der Waals surface area contributed by atoms with E-state index >= 15 is 0 Å². The van der Waals surface area contributed by atoms with Crippen LogP contribution in [0.25, 0.3) is 0 Å². The first-order valence-corrected chi connectivity index (χ1v) is 19.8. The quantitative estimate of drug-likeness (QED) is 0.404. The standard InChI is InChI=1S/C37H52ClN3O6S/c1-25-7-6-15-37(43,24-40-17-18-46-26(2)21-40)33-13-10-30(33)22-41-16-5-4-8-28-19-32(38)12-9-31(28)23-47-35-14-11-29(20-34(35)41)36(42)39-48(44,45)27(25)3/h9,11-12,14,19-20,25-27,30,33,43H,4-8,10,13,15-18,21-24H2,1-3H3,(H,39,42)/t25-,26-,27+,30-,33+,37-/m0/s1. The number of β-amino-alcohol motifs (C(OH)–C–C–N with tert-alkyl or cyclic N) is 1. The van der Waals surface area contributed by atoms with E-state index in [0.29, 0.717) is 49.8 Å². The highest BCUT2D eigenvalue weighted by Gasteiger charge is 2.48. The third-order valence-electron chi connectivity index (χ3n) is 11.4. The van der Waals surface area contributed by atoms with Gasteiger partial charge in [-0.2, -0.15) is 0 Å². The van der Waals surface area contributed by atoms with Crippen LogP contribution < -0.4 is 14.4 Å². The van der Waals surface area contributed by atoms with Crippen molar-refractivity contribution in [1.82, 2.24) is 9.62 Å². The van der Waals surface area contributed by atoms with Crippen molar-refractivity contribution in [1.29, 1.82) is 0 Å². The van der Waals surface area contributed by atoms with Gasteiger partial charge < -0.3 is 19.5 Å². The van der Waals surface area contributed by atoms with Crippen molar-refractivity contribution < 1.29 is 27.8 Å². The molecule has 48 heavy (non-hydrogen) atoms. The maximum Gasteiger partial charge on any atom is 0.264 e. The monoisotopic (exact) mass is 701 g/mol. The largest absolute Gasteiger partial charge is 0.487 e. The van der Waals surface area contributed by atoms with E-state index in [-0.39, 0.29) is 29.4 Å². The van der Waals surface area contributed by atoms with Crippen molar-refractivity contribution in [3.63, 3.8) is 0 Å². The number of halogens is 1. The Labute approximate surface area is 291 Å². The highest BCUT2D eigenvalue weighted by molar-refractivity contribution is 7.90. The van der Waals surface area contributed by atoms with Crippen LogP contribution >= 0.6 is 11.6 Å². The summed E-state index contributed by atoms with van der Waals surface area (Å²) in [6.45, 7) is 10.3. The Kier molecular flexibility index (Phi) is 11.0. The molecular weight excluding hydrogens is 650 g/mol. The molecule has 3 heterocycles. The van der Waals surface area contributed by atoms with Gasteiger partial charge in [-0.25, -0.2) is 13.1 Å². The number of benzene rings is 2. The van der Waals surface area contributed by atoms with E-state index in [1.165, 1.54) is 5.56 Å². The predicted octanol–water partition coefficient (Wildman–Crippen LogP) is 5.81. The minimum absolute atomic E-state index is 0.112. The Hall–Kier alpha value is -2.37. The maximum atomic E-state index is 13.5. The topological polar surface area (TPSA) is 108 Å². The number of anilines is 1. The molecule has 2 aromatic carbocycles. The van der Waals surface area contributed by atoms with Crippen LogP contribution in [0, 0.1) is 17.8 Å². The summed E-state index contributed by atoms with van der Waals surface area (Å²) < 4.78 is 41.6. The zero-order valence-corrected chi connectivity index (χ0v) is 30.2. The number of hydrogen-bond donors (Lipinski definition) is 2. The number of sulfonamides is 1. The van der Waals surface area contributed by atoms with Crippen LogP contribution in [0.2, 0.25) is 5.02 Å². The summed E-state index contributed by atoms with van der Waals surface area (Å²) in [4.78, 5) is 18.2. The van der Waals surface area contributed by atoms with Gasteiger partial charge in [0, 0.05) is 43.3 Å². The molecule has 2 N–H and O–H groups in total. The number of nitrogens with one attached hydrogen (secondary N) is 1. The molecule has 264 valence electrons. The van der Waals surface area contributed by atoms with Gasteiger partial charge in [0.25, 0.3) is 5.91 Å². The number of rotatable bonds is 2. The van der Waals surface area contributed by atoms with E-state index in [1.807, 2.05) is 25.1 Å². The molecule has 9 nitrogen and oxygen atoms in total. The first-order valence-electron chi connectivity index (χ1n) is 17.8. The zero-order valence-electron chi connectivity index (χ0n) is 28.6. The predicted molar refractivity (Wildman–Crippen MR) is 189 cm³/mol. The lowest BCUT2D eigenvalue weighted by atomic mass is 9.62. The minimum Gasteiger partial charge on any atom is -0.487 e. The molecule has 4 aliphatic rings. The molecule has 6 atom stereocenters. The van der Waals surface area contributed by atoms with Gasteiger partial charge in [0.15, 0.2) is 0 Å².